The molecule has 2 heterocycles. The molecule has 3 rings (SSSR count). The van der Waals surface area contributed by atoms with Crippen molar-refractivity contribution < 1.29 is 9.90 Å². The van der Waals surface area contributed by atoms with Crippen LogP contribution in [-0.4, -0.2) is 45.2 Å². The predicted octanol–water partition coefficient (Wildman–Crippen LogP) is 3.12. The fourth-order valence-corrected chi connectivity index (χ4v) is 3.36. The second-order valence-corrected chi connectivity index (χ2v) is 6.92. The summed E-state index contributed by atoms with van der Waals surface area (Å²) >= 11 is 0. The van der Waals surface area contributed by atoms with Crippen LogP contribution in [0.5, 0.6) is 0 Å². The minimum absolute atomic E-state index is 0.0477. The Kier molecular flexibility index (Phi) is 5.53. The van der Waals surface area contributed by atoms with Crippen molar-refractivity contribution in [3.8, 4) is 11.4 Å². The van der Waals surface area contributed by atoms with E-state index in [1.165, 1.54) is 6.42 Å². The van der Waals surface area contributed by atoms with E-state index in [0.29, 0.717) is 18.7 Å². The fourth-order valence-electron chi connectivity index (χ4n) is 3.36. The van der Waals surface area contributed by atoms with Crippen molar-refractivity contribution in [1.82, 2.24) is 14.5 Å². The molecule has 0 bridgehead atoms. The summed E-state index contributed by atoms with van der Waals surface area (Å²) < 4.78 is 2.23. The molecule has 1 aromatic carbocycles. The van der Waals surface area contributed by atoms with Gasteiger partial charge in [-0.1, -0.05) is 36.8 Å². The molecular weight excluding hydrogens is 314 g/mol. The highest BCUT2D eigenvalue weighted by Crippen LogP contribution is 2.27. The van der Waals surface area contributed by atoms with Crippen molar-refractivity contribution in [1.29, 1.82) is 0 Å². The van der Waals surface area contributed by atoms with Crippen LogP contribution in [0.4, 0.5) is 0 Å². The first-order valence-corrected chi connectivity index (χ1v) is 9.16. The number of aromatic nitrogens is 2. The summed E-state index contributed by atoms with van der Waals surface area (Å²) in [6.45, 7) is 3.19. The standard InChI is InChI=1S/C20H27N3O2/c1-15(24)12-14-22(2)20(25)18-17-11-7-4-8-13-23(17)19(21-18)16-9-5-3-6-10-16/h3,5-6,9-10,15,24H,4,7-8,11-14H2,1-2H3. The predicted molar refractivity (Wildman–Crippen MR) is 98.5 cm³/mol. The maximum atomic E-state index is 13.0. The summed E-state index contributed by atoms with van der Waals surface area (Å²) in [5, 5.41) is 9.48. The molecule has 0 aliphatic carbocycles. The Morgan fingerprint density at radius 3 is 2.76 bits per heavy atom. The van der Waals surface area contributed by atoms with Gasteiger partial charge in [-0.25, -0.2) is 4.98 Å². The van der Waals surface area contributed by atoms with Gasteiger partial charge in [-0.2, -0.15) is 0 Å². The van der Waals surface area contributed by atoms with E-state index in [1.807, 2.05) is 30.3 Å². The SMILES string of the molecule is CC(O)CCN(C)C(=O)c1nc(-c2ccccc2)n2c1CCCCC2. The number of imidazole rings is 1. The summed E-state index contributed by atoms with van der Waals surface area (Å²) in [7, 11) is 1.79. The van der Waals surface area contributed by atoms with Gasteiger partial charge >= 0.3 is 0 Å². The van der Waals surface area contributed by atoms with Crippen LogP contribution in [-0.2, 0) is 13.0 Å². The second kappa shape index (κ2) is 7.83. The van der Waals surface area contributed by atoms with Crippen LogP contribution in [0.1, 0.15) is 48.8 Å². The summed E-state index contributed by atoms with van der Waals surface area (Å²) in [6, 6.07) is 10.1. The molecule has 1 amide bonds. The van der Waals surface area contributed by atoms with E-state index in [2.05, 4.69) is 4.57 Å². The van der Waals surface area contributed by atoms with Gasteiger partial charge in [-0.05, 0) is 32.6 Å². The number of carbonyl (C=O) groups is 1. The number of aliphatic hydroxyl groups excluding tert-OH is 1. The molecule has 134 valence electrons. The van der Waals surface area contributed by atoms with Gasteiger partial charge in [0.1, 0.15) is 11.5 Å². The van der Waals surface area contributed by atoms with Crippen molar-refractivity contribution in [2.45, 2.75) is 51.7 Å². The Hall–Kier alpha value is -2.14. The Labute approximate surface area is 149 Å². The van der Waals surface area contributed by atoms with Crippen molar-refractivity contribution in [2.75, 3.05) is 13.6 Å². The zero-order valence-corrected chi connectivity index (χ0v) is 15.1. The summed E-state index contributed by atoms with van der Waals surface area (Å²) in [4.78, 5) is 19.4. The zero-order valence-electron chi connectivity index (χ0n) is 15.1. The van der Waals surface area contributed by atoms with Gasteiger partial charge in [0.15, 0.2) is 0 Å². The Balaban J connectivity index is 1.96. The van der Waals surface area contributed by atoms with Crippen LogP contribution >= 0.6 is 0 Å². The average Bonchev–Trinajstić information content (AvgIpc) is 2.80. The van der Waals surface area contributed by atoms with Gasteiger partial charge in [0.25, 0.3) is 5.91 Å². The third-order valence-corrected chi connectivity index (χ3v) is 4.83. The molecule has 0 radical (unpaired) electrons. The highest BCUT2D eigenvalue weighted by atomic mass is 16.3. The molecule has 2 aromatic rings. The highest BCUT2D eigenvalue weighted by molar-refractivity contribution is 5.94. The van der Waals surface area contributed by atoms with E-state index in [-0.39, 0.29) is 5.91 Å². The van der Waals surface area contributed by atoms with Crippen molar-refractivity contribution in [2.24, 2.45) is 0 Å². The molecule has 0 saturated heterocycles. The minimum Gasteiger partial charge on any atom is -0.393 e. The lowest BCUT2D eigenvalue weighted by atomic mass is 10.1. The van der Waals surface area contributed by atoms with Gasteiger partial charge < -0.3 is 14.6 Å². The zero-order chi connectivity index (χ0) is 17.8. The molecule has 5 nitrogen and oxygen atoms in total. The van der Waals surface area contributed by atoms with E-state index in [9.17, 15) is 9.90 Å². The molecule has 1 aliphatic heterocycles. The second-order valence-electron chi connectivity index (χ2n) is 6.92. The number of hydrogen-bond donors (Lipinski definition) is 1. The number of fused-ring (bicyclic) bond motifs is 1. The van der Waals surface area contributed by atoms with E-state index in [1.54, 1.807) is 18.9 Å². The molecule has 1 atom stereocenters. The number of amides is 1. The van der Waals surface area contributed by atoms with Gasteiger partial charge in [0.2, 0.25) is 0 Å². The molecule has 1 aromatic heterocycles. The lowest BCUT2D eigenvalue weighted by Crippen LogP contribution is -2.30. The Bertz CT molecular complexity index is 722. The number of nitrogens with zero attached hydrogens (tertiary/aromatic N) is 3. The molecule has 0 fully saturated rings. The summed E-state index contributed by atoms with van der Waals surface area (Å²) in [5.74, 6) is 0.846. The molecule has 1 unspecified atom stereocenters. The number of aliphatic hydroxyl groups is 1. The molecule has 25 heavy (non-hydrogen) atoms. The number of benzene rings is 1. The maximum Gasteiger partial charge on any atom is 0.274 e. The van der Waals surface area contributed by atoms with E-state index < -0.39 is 6.10 Å². The molecule has 5 heteroatoms. The smallest absolute Gasteiger partial charge is 0.274 e. The van der Waals surface area contributed by atoms with Crippen LogP contribution in [0.3, 0.4) is 0 Å². The largest absolute Gasteiger partial charge is 0.393 e. The third kappa shape index (κ3) is 3.93. The van der Waals surface area contributed by atoms with Crippen LogP contribution in [0.15, 0.2) is 30.3 Å². The summed E-state index contributed by atoms with van der Waals surface area (Å²) in [5.41, 5.74) is 2.69. The third-order valence-electron chi connectivity index (χ3n) is 4.83. The van der Waals surface area contributed by atoms with E-state index >= 15 is 0 Å². The summed E-state index contributed by atoms with van der Waals surface area (Å²) in [6.07, 6.45) is 4.46. The van der Waals surface area contributed by atoms with Crippen LogP contribution in [0, 0.1) is 0 Å². The molecule has 0 spiro atoms. The normalized spacial score (nSPS) is 15.3. The number of rotatable bonds is 5. The van der Waals surface area contributed by atoms with Crippen LogP contribution < -0.4 is 0 Å². The quantitative estimate of drug-likeness (QED) is 0.909. The average molecular weight is 341 g/mol. The lowest BCUT2D eigenvalue weighted by Gasteiger charge is -2.17. The molecule has 0 saturated carbocycles. The molecule has 1 aliphatic rings. The van der Waals surface area contributed by atoms with Gasteiger partial charge in [-0.15, -0.1) is 0 Å². The maximum absolute atomic E-state index is 13.0. The van der Waals surface area contributed by atoms with Gasteiger partial charge in [0.05, 0.1) is 11.8 Å². The van der Waals surface area contributed by atoms with E-state index in [4.69, 9.17) is 4.98 Å². The van der Waals surface area contributed by atoms with Crippen molar-refractivity contribution in [3.63, 3.8) is 0 Å². The molecule has 1 N–H and O–H groups in total. The van der Waals surface area contributed by atoms with Gasteiger partial charge in [-0.3, -0.25) is 4.79 Å². The number of hydrogen-bond acceptors (Lipinski definition) is 3. The van der Waals surface area contributed by atoms with Crippen LogP contribution in [0.25, 0.3) is 11.4 Å². The Morgan fingerprint density at radius 1 is 1.28 bits per heavy atom. The molecular formula is C20H27N3O2. The fraction of sp³-hybridized carbons (Fsp3) is 0.500. The van der Waals surface area contributed by atoms with Crippen molar-refractivity contribution in [3.05, 3.63) is 41.7 Å². The monoisotopic (exact) mass is 341 g/mol. The first-order valence-electron chi connectivity index (χ1n) is 9.16. The topological polar surface area (TPSA) is 58.4 Å². The van der Waals surface area contributed by atoms with Gasteiger partial charge in [0, 0.05) is 25.7 Å². The minimum atomic E-state index is -0.408. The van der Waals surface area contributed by atoms with Crippen molar-refractivity contribution >= 4 is 5.91 Å². The first kappa shape index (κ1) is 17.7. The first-order chi connectivity index (χ1) is 12.1. The Morgan fingerprint density at radius 2 is 2.04 bits per heavy atom. The number of carbonyl (C=O) groups excluding carboxylic acids is 1. The van der Waals surface area contributed by atoms with Crippen LogP contribution in [0.2, 0.25) is 0 Å². The lowest BCUT2D eigenvalue weighted by molar-refractivity contribution is 0.0762. The van der Waals surface area contributed by atoms with E-state index in [0.717, 1.165) is 42.9 Å². The highest BCUT2D eigenvalue weighted by Gasteiger charge is 2.26.